The largest absolute Gasteiger partial charge is 0.369 e. The number of hydrogen-bond donors (Lipinski definition) is 3. The second kappa shape index (κ2) is 14.4. The number of fused-ring (bicyclic) bond motifs is 1. The monoisotopic (exact) mass is 554 g/mol. The van der Waals surface area contributed by atoms with Crippen molar-refractivity contribution in [3.05, 3.63) is 36.5 Å². The van der Waals surface area contributed by atoms with Crippen molar-refractivity contribution in [3.8, 4) is 0 Å². The Kier molecular flexibility index (Phi) is 11.9. The normalized spacial score (nSPS) is 15.5. The minimum absolute atomic E-state index is 0. The molecule has 0 aliphatic carbocycles. The number of guanidine groups is 1. The Morgan fingerprint density at radius 3 is 2.62 bits per heavy atom. The Morgan fingerprint density at radius 1 is 1.09 bits per heavy atom. The molecule has 2 heterocycles. The third-order valence-corrected chi connectivity index (χ3v) is 6.04. The zero-order valence-electron chi connectivity index (χ0n) is 19.3. The smallest absolute Gasteiger partial charge is 0.220 e. The zero-order chi connectivity index (χ0) is 21.9. The Labute approximate surface area is 209 Å². The average Bonchev–Trinajstić information content (AvgIpc) is 3.20. The molecule has 0 atom stereocenters. The van der Waals surface area contributed by atoms with Crippen LogP contribution in [0.3, 0.4) is 0 Å². The van der Waals surface area contributed by atoms with E-state index in [0.717, 1.165) is 83.9 Å². The second-order valence-corrected chi connectivity index (χ2v) is 8.33. The van der Waals surface area contributed by atoms with E-state index in [1.165, 1.54) is 10.9 Å². The molecule has 1 aromatic heterocycles. The van der Waals surface area contributed by atoms with Gasteiger partial charge in [0.15, 0.2) is 5.96 Å². The molecular formula is C24H39IN6O. The number of benzene rings is 1. The number of aryl methyl sites for hydroxylation is 1. The first kappa shape index (κ1) is 26.4. The molecule has 1 aliphatic rings. The van der Waals surface area contributed by atoms with Gasteiger partial charge in [-0.2, -0.15) is 0 Å². The van der Waals surface area contributed by atoms with E-state index in [-0.39, 0.29) is 35.8 Å². The molecule has 7 nitrogen and oxygen atoms in total. The van der Waals surface area contributed by atoms with E-state index in [1.807, 2.05) is 0 Å². The maximum Gasteiger partial charge on any atom is 0.220 e. The number of piperidine rings is 1. The molecule has 0 unspecified atom stereocenters. The van der Waals surface area contributed by atoms with Crippen molar-refractivity contribution < 1.29 is 4.79 Å². The molecule has 1 amide bonds. The van der Waals surface area contributed by atoms with E-state index in [4.69, 9.17) is 10.7 Å². The molecule has 0 radical (unpaired) electrons. The number of amides is 1. The highest BCUT2D eigenvalue weighted by molar-refractivity contribution is 14.0. The van der Waals surface area contributed by atoms with Gasteiger partial charge in [-0.15, -0.1) is 24.0 Å². The van der Waals surface area contributed by atoms with E-state index in [1.54, 1.807) is 0 Å². The van der Waals surface area contributed by atoms with Crippen molar-refractivity contribution in [2.24, 2.45) is 16.6 Å². The standard InChI is InChI=1S/C24H38N6O.HI/c1-2-26-24(27-13-5-6-15-29-17-10-21(11-18-29)23(25)31)28-14-7-16-30-19-12-20-8-3-4-9-22(20)30;/h3-4,8-9,12,19,21H,2,5-7,10-11,13-18H2,1H3,(H2,25,31)(H2,26,27,28);1H. The van der Waals surface area contributed by atoms with Crippen molar-refractivity contribution >= 4 is 46.7 Å². The number of para-hydroxylation sites is 1. The van der Waals surface area contributed by atoms with Gasteiger partial charge in [-0.1, -0.05) is 18.2 Å². The van der Waals surface area contributed by atoms with Crippen LogP contribution in [0.15, 0.2) is 41.5 Å². The fraction of sp³-hybridized carbons (Fsp3) is 0.583. The van der Waals surface area contributed by atoms with Crippen LogP contribution in [0.25, 0.3) is 10.9 Å². The lowest BCUT2D eigenvalue weighted by Gasteiger charge is -2.30. The minimum atomic E-state index is -0.138. The summed E-state index contributed by atoms with van der Waals surface area (Å²) in [5.74, 6) is 0.843. The number of unbranched alkanes of at least 4 members (excludes halogenated alkanes) is 1. The van der Waals surface area contributed by atoms with Crippen molar-refractivity contribution in [3.63, 3.8) is 0 Å². The topological polar surface area (TPSA) is 87.7 Å². The highest BCUT2D eigenvalue weighted by atomic mass is 127. The molecule has 2 aromatic rings. The van der Waals surface area contributed by atoms with Gasteiger partial charge in [0.05, 0.1) is 0 Å². The number of carbonyl (C=O) groups excluding carboxylic acids is 1. The van der Waals surface area contributed by atoms with E-state index in [0.29, 0.717) is 0 Å². The quantitative estimate of drug-likeness (QED) is 0.172. The van der Waals surface area contributed by atoms with Crippen LogP contribution in [0.2, 0.25) is 0 Å². The number of nitrogens with two attached hydrogens (primary N) is 1. The lowest BCUT2D eigenvalue weighted by atomic mass is 9.96. The summed E-state index contributed by atoms with van der Waals surface area (Å²) in [6, 6.07) is 10.7. The van der Waals surface area contributed by atoms with Gasteiger partial charge in [0, 0.05) is 43.8 Å². The number of aromatic nitrogens is 1. The van der Waals surface area contributed by atoms with Gasteiger partial charge in [0.2, 0.25) is 5.91 Å². The Balaban J connectivity index is 0.00000363. The van der Waals surface area contributed by atoms with Gasteiger partial charge < -0.3 is 25.8 Å². The van der Waals surface area contributed by atoms with Crippen LogP contribution in [0.4, 0.5) is 0 Å². The number of halogens is 1. The van der Waals surface area contributed by atoms with Gasteiger partial charge in [-0.25, -0.2) is 0 Å². The Bertz CT molecular complexity index is 844. The number of nitrogens with zero attached hydrogens (tertiary/aromatic N) is 3. The average molecular weight is 555 g/mol. The van der Waals surface area contributed by atoms with Crippen LogP contribution in [0.1, 0.15) is 39.0 Å². The van der Waals surface area contributed by atoms with Crippen molar-refractivity contribution in [1.82, 2.24) is 20.1 Å². The lowest BCUT2D eigenvalue weighted by Crippen LogP contribution is -2.39. The number of rotatable bonds is 11. The van der Waals surface area contributed by atoms with Crippen LogP contribution in [-0.2, 0) is 11.3 Å². The highest BCUT2D eigenvalue weighted by Crippen LogP contribution is 2.17. The number of hydrogen-bond acceptors (Lipinski definition) is 3. The van der Waals surface area contributed by atoms with Crippen molar-refractivity contribution in [2.45, 2.75) is 45.6 Å². The maximum absolute atomic E-state index is 11.3. The van der Waals surface area contributed by atoms with Crippen LogP contribution in [0, 0.1) is 5.92 Å². The van der Waals surface area contributed by atoms with Crippen molar-refractivity contribution in [1.29, 1.82) is 0 Å². The second-order valence-electron chi connectivity index (χ2n) is 8.33. The van der Waals surface area contributed by atoms with Gasteiger partial charge in [-0.05, 0) is 76.2 Å². The number of aliphatic imine (C=N–C) groups is 1. The molecule has 1 aromatic carbocycles. The first-order chi connectivity index (χ1) is 15.2. The molecule has 32 heavy (non-hydrogen) atoms. The molecule has 0 spiro atoms. The minimum Gasteiger partial charge on any atom is -0.369 e. The third-order valence-electron chi connectivity index (χ3n) is 6.04. The number of primary amides is 1. The van der Waals surface area contributed by atoms with Crippen LogP contribution in [-0.4, -0.2) is 60.6 Å². The predicted molar refractivity (Wildman–Crippen MR) is 144 cm³/mol. The maximum atomic E-state index is 11.3. The fourth-order valence-electron chi connectivity index (χ4n) is 4.22. The summed E-state index contributed by atoms with van der Waals surface area (Å²) < 4.78 is 2.30. The molecule has 1 fully saturated rings. The van der Waals surface area contributed by atoms with Gasteiger partial charge in [0.1, 0.15) is 0 Å². The summed E-state index contributed by atoms with van der Waals surface area (Å²) in [6.07, 6.45) is 7.24. The van der Waals surface area contributed by atoms with Gasteiger partial charge in [0.25, 0.3) is 0 Å². The van der Waals surface area contributed by atoms with Gasteiger partial charge in [-0.3, -0.25) is 9.79 Å². The van der Waals surface area contributed by atoms with Crippen LogP contribution in [0.5, 0.6) is 0 Å². The number of carbonyl (C=O) groups is 1. The first-order valence-electron chi connectivity index (χ1n) is 11.7. The first-order valence-corrected chi connectivity index (χ1v) is 11.7. The van der Waals surface area contributed by atoms with E-state index >= 15 is 0 Å². The summed E-state index contributed by atoms with van der Waals surface area (Å²) >= 11 is 0. The third kappa shape index (κ3) is 8.27. The molecular weight excluding hydrogens is 515 g/mol. The number of nitrogens with one attached hydrogen (secondary N) is 2. The molecule has 1 saturated heterocycles. The molecule has 4 N–H and O–H groups in total. The number of likely N-dealkylation sites (tertiary alicyclic amines) is 1. The van der Waals surface area contributed by atoms with Crippen LogP contribution < -0.4 is 16.4 Å². The SMILES string of the molecule is CCNC(=NCCCn1ccc2ccccc21)NCCCCN1CCC(C(N)=O)CC1.I. The molecule has 3 rings (SSSR count). The van der Waals surface area contributed by atoms with E-state index in [2.05, 4.69) is 63.6 Å². The summed E-state index contributed by atoms with van der Waals surface area (Å²) in [6.45, 7) is 8.72. The van der Waals surface area contributed by atoms with Crippen molar-refractivity contribution in [2.75, 3.05) is 39.3 Å². The predicted octanol–water partition coefficient (Wildman–Crippen LogP) is 3.18. The molecule has 0 bridgehead atoms. The summed E-state index contributed by atoms with van der Waals surface area (Å²) in [7, 11) is 0. The Morgan fingerprint density at radius 2 is 1.88 bits per heavy atom. The Hall–Kier alpha value is -1.81. The van der Waals surface area contributed by atoms with E-state index in [9.17, 15) is 4.79 Å². The molecule has 178 valence electrons. The zero-order valence-corrected chi connectivity index (χ0v) is 21.6. The summed E-state index contributed by atoms with van der Waals surface area (Å²) in [4.78, 5) is 18.4. The summed E-state index contributed by atoms with van der Waals surface area (Å²) in [5.41, 5.74) is 6.70. The van der Waals surface area contributed by atoms with E-state index < -0.39 is 0 Å². The molecule has 8 heteroatoms. The fourth-order valence-corrected chi connectivity index (χ4v) is 4.22. The summed E-state index contributed by atoms with van der Waals surface area (Å²) in [5, 5.41) is 8.09. The van der Waals surface area contributed by atoms with Crippen LogP contribution >= 0.6 is 24.0 Å². The molecule has 0 saturated carbocycles. The highest BCUT2D eigenvalue weighted by Gasteiger charge is 2.22. The molecule has 1 aliphatic heterocycles. The lowest BCUT2D eigenvalue weighted by molar-refractivity contribution is -0.123. The van der Waals surface area contributed by atoms with Gasteiger partial charge >= 0.3 is 0 Å².